The van der Waals surface area contributed by atoms with Crippen LogP contribution in [0.4, 0.5) is 4.39 Å². The monoisotopic (exact) mass is 417 g/mol. The molecule has 2 rings (SSSR count). The predicted molar refractivity (Wildman–Crippen MR) is 89.9 cm³/mol. The van der Waals surface area contributed by atoms with Gasteiger partial charge in [-0.3, -0.25) is 4.68 Å². The summed E-state index contributed by atoms with van der Waals surface area (Å²) >= 11 is 6.97. The molecule has 0 aliphatic heterocycles. The Morgan fingerprint density at radius 2 is 2.05 bits per heavy atom. The Balaban J connectivity index is 2.33. The zero-order chi connectivity index (χ0) is 15.6. The number of rotatable bonds is 5. The molecule has 0 amide bonds. The van der Waals surface area contributed by atoms with E-state index in [4.69, 9.17) is 0 Å². The molecule has 0 radical (unpaired) electrons. The predicted octanol–water partition coefficient (Wildman–Crippen LogP) is 4.15. The molecule has 0 spiro atoms. The van der Waals surface area contributed by atoms with Gasteiger partial charge in [-0.1, -0.05) is 22.9 Å². The third kappa shape index (κ3) is 3.73. The number of halogens is 3. The minimum absolute atomic E-state index is 0.0217. The summed E-state index contributed by atoms with van der Waals surface area (Å²) in [5.74, 6) is -0.238. The zero-order valence-corrected chi connectivity index (χ0v) is 15.4. The second-order valence-electron chi connectivity index (χ2n) is 4.93. The molecule has 1 atom stereocenters. The highest BCUT2D eigenvalue weighted by molar-refractivity contribution is 9.10. The Hall–Kier alpha value is -0.720. The van der Waals surface area contributed by atoms with Gasteiger partial charge in [-0.05, 0) is 53.2 Å². The summed E-state index contributed by atoms with van der Waals surface area (Å²) < 4.78 is 17.3. The lowest BCUT2D eigenvalue weighted by atomic mass is 10.0. The van der Waals surface area contributed by atoms with Gasteiger partial charge in [0.1, 0.15) is 5.82 Å². The maximum atomic E-state index is 13.6. The average Bonchev–Trinajstić information content (AvgIpc) is 2.70. The van der Waals surface area contributed by atoms with E-state index < -0.39 is 0 Å². The second kappa shape index (κ2) is 7.03. The van der Waals surface area contributed by atoms with Gasteiger partial charge in [-0.2, -0.15) is 5.10 Å². The second-order valence-corrected chi connectivity index (χ2v) is 6.64. The normalized spacial score (nSPS) is 12.7. The van der Waals surface area contributed by atoms with Crippen LogP contribution in [-0.4, -0.2) is 16.8 Å². The van der Waals surface area contributed by atoms with Crippen LogP contribution in [0.2, 0.25) is 0 Å². The molecule has 1 unspecified atom stereocenters. The van der Waals surface area contributed by atoms with Crippen LogP contribution in [0.25, 0.3) is 0 Å². The summed E-state index contributed by atoms with van der Waals surface area (Å²) in [5.41, 5.74) is 3.06. The van der Waals surface area contributed by atoms with Gasteiger partial charge in [-0.25, -0.2) is 4.39 Å². The molecule has 0 saturated heterocycles. The molecule has 0 bridgehead atoms. The first-order valence-electron chi connectivity index (χ1n) is 6.79. The fraction of sp³-hybridized carbons (Fsp3) is 0.400. The summed E-state index contributed by atoms with van der Waals surface area (Å²) in [6.45, 7) is 2.08. The fourth-order valence-corrected chi connectivity index (χ4v) is 3.66. The van der Waals surface area contributed by atoms with E-state index in [0.717, 1.165) is 38.7 Å². The maximum Gasteiger partial charge on any atom is 0.124 e. The molecule has 1 aromatic carbocycles. The molecule has 0 fully saturated rings. The lowest BCUT2D eigenvalue weighted by Crippen LogP contribution is -2.20. The maximum absolute atomic E-state index is 13.6. The lowest BCUT2D eigenvalue weighted by molar-refractivity contribution is 0.552. The fourth-order valence-electron chi connectivity index (χ4n) is 2.40. The largest absolute Gasteiger partial charge is 0.313 e. The molecule has 3 nitrogen and oxygen atoms in total. The Bertz CT molecular complexity index is 620. The first-order valence-corrected chi connectivity index (χ1v) is 8.38. The number of nitrogens with one attached hydrogen (secondary N) is 1. The van der Waals surface area contributed by atoms with Crippen LogP contribution in [0.1, 0.15) is 29.9 Å². The minimum Gasteiger partial charge on any atom is -0.313 e. The number of aryl methyl sites for hydroxylation is 2. The minimum atomic E-state index is -0.238. The van der Waals surface area contributed by atoms with Crippen LogP contribution >= 0.6 is 31.9 Å². The Labute approximate surface area is 141 Å². The smallest absolute Gasteiger partial charge is 0.124 e. The standard InChI is InChI=1S/C15H18Br2FN3/c1-4-12-15(17)14(21(3)20-12)8-13(19-2)9-5-10(16)7-11(18)6-9/h5-7,13,19H,4,8H2,1-3H3. The van der Waals surface area contributed by atoms with Gasteiger partial charge in [0.05, 0.1) is 15.9 Å². The molecule has 0 saturated carbocycles. The topological polar surface area (TPSA) is 29.9 Å². The van der Waals surface area contributed by atoms with Crippen molar-refractivity contribution in [2.24, 2.45) is 7.05 Å². The highest BCUT2D eigenvalue weighted by Crippen LogP contribution is 2.28. The van der Waals surface area contributed by atoms with E-state index in [0.29, 0.717) is 0 Å². The summed E-state index contributed by atoms with van der Waals surface area (Å²) in [4.78, 5) is 0. The molecule has 6 heteroatoms. The highest BCUT2D eigenvalue weighted by atomic mass is 79.9. The van der Waals surface area contributed by atoms with Crippen molar-refractivity contribution < 1.29 is 4.39 Å². The number of aromatic nitrogens is 2. The zero-order valence-electron chi connectivity index (χ0n) is 12.3. The lowest BCUT2D eigenvalue weighted by Gasteiger charge is -2.17. The third-order valence-electron chi connectivity index (χ3n) is 3.54. The molecule has 1 N–H and O–H groups in total. The summed E-state index contributed by atoms with van der Waals surface area (Å²) in [5, 5.41) is 7.76. The van der Waals surface area contributed by atoms with E-state index in [1.165, 1.54) is 6.07 Å². The Kier molecular flexibility index (Phi) is 5.57. The van der Waals surface area contributed by atoms with Crippen LogP contribution < -0.4 is 5.32 Å². The first kappa shape index (κ1) is 16.6. The Morgan fingerprint density at radius 1 is 1.33 bits per heavy atom. The molecule has 114 valence electrons. The Morgan fingerprint density at radius 3 is 2.57 bits per heavy atom. The van der Waals surface area contributed by atoms with Crippen molar-refractivity contribution in [3.63, 3.8) is 0 Å². The van der Waals surface area contributed by atoms with E-state index in [9.17, 15) is 4.39 Å². The van der Waals surface area contributed by atoms with Gasteiger partial charge in [0.25, 0.3) is 0 Å². The van der Waals surface area contributed by atoms with E-state index in [2.05, 4.69) is 49.2 Å². The van der Waals surface area contributed by atoms with Gasteiger partial charge in [0.15, 0.2) is 0 Å². The van der Waals surface area contributed by atoms with Crippen LogP contribution in [0, 0.1) is 5.82 Å². The molecule has 2 aromatic rings. The van der Waals surface area contributed by atoms with Gasteiger partial charge in [0, 0.05) is 24.0 Å². The SMILES string of the molecule is CCc1nn(C)c(CC(NC)c2cc(F)cc(Br)c2)c1Br. The first-order chi connectivity index (χ1) is 9.96. The van der Waals surface area contributed by atoms with Crippen molar-refractivity contribution in [2.75, 3.05) is 7.05 Å². The van der Waals surface area contributed by atoms with Crippen LogP contribution in [-0.2, 0) is 19.9 Å². The molecule has 0 aliphatic carbocycles. The number of benzene rings is 1. The van der Waals surface area contributed by atoms with Crippen LogP contribution in [0.15, 0.2) is 27.1 Å². The van der Waals surface area contributed by atoms with Crippen LogP contribution in [0.3, 0.4) is 0 Å². The summed E-state index contributed by atoms with van der Waals surface area (Å²) in [6.07, 6.45) is 1.61. The average molecular weight is 419 g/mol. The number of hydrogen-bond acceptors (Lipinski definition) is 2. The van der Waals surface area contributed by atoms with Gasteiger partial charge >= 0.3 is 0 Å². The van der Waals surface area contributed by atoms with E-state index in [1.54, 1.807) is 6.07 Å². The van der Waals surface area contributed by atoms with Crippen molar-refractivity contribution in [1.29, 1.82) is 0 Å². The molecular formula is C15H18Br2FN3. The van der Waals surface area contributed by atoms with Crippen molar-refractivity contribution in [3.05, 3.63) is 49.9 Å². The van der Waals surface area contributed by atoms with Gasteiger partial charge < -0.3 is 5.32 Å². The molecule has 1 heterocycles. The van der Waals surface area contributed by atoms with Crippen LogP contribution in [0.5, 0.6) is 0 Å². The van der Waals surface area contributed by atoms with E-state index >= 15 is 0 Å². The summed E-state index contributed by atoms with van der Waals surface area (Å²) in [7, 11) is 3.82. The van der Waals surface area contributed by atoms with Gasteiger partial charge in [0.2, 0.25) is 0 Å². The van der Waals surface area contributed by atoms with Crippen molar-refractivity contribution >= 4 is 31.9 Å². The van der Waals surface area contributed by atoms with Crippen molar-refractivity contribution in [2.45, 2.75) is 25.8 Å². The molecular weight excluding hydrogens is 401 g/mol. The highest BCUT2D eigenvalue weighted by Gasteiger charge is 2.18. The molecule has 1 aromatic heterocycles. The van der Waals surface area contributed by atoms with Crippen molar-refractivity contribution in [1.82, 2.24) is 15.1 Å². The molecule has 0 aliphatic rings. The number of likely N-dealkylation sites (N-methyl/N-ethyl adjacent to an activating group) is 1. The van der Waals surface area contributed by atoms with E-state index in [1.807, 2.05) is 24.8 Å². The summed E-state index contributed by atoms with van der Waals surface area (Å²) in [6, 6.07) is 4.99. The third-order valence-corrected chi connectivity index (χ3v) is 4.91. The van der Waals surface area contributed by atoms with E-state index in [-0.39, 0.29) is 11.9 Å². The molecule has 21 heavy (non-hydrogen) atoms. The van der Waals surface area contributed by atoms with Gasteiger partial charge in [-0.15, -0.1) is 0 Å². The number of nitrogens with zero attached hydrogens (tertiary/aromatic N) is 2. The quantitative estimate of drug-likeness (QED) is 0.790. The van der Waals surface area contributed by atoms with Crippen molar-refractivity contribution in [3.8, 4) is 0 Å². The number of hydrogen-bond donors (Lipinski definition) is 1.